The zero-order chi connectivity index (χ0) is 22.8. The maximum Gasteiger partial charge on any atom is 0.239 e. The maximum atomic E-state index is 12.8. The molecule has 0 bridgehead atoms. The minimum Gasteiger partial charge on any atom is -0.310 e. The Morgan fingerprint density at radius 3 is 2.67 bits per heavy atom. The summed E-state index contributed by atoms with van der Waals surface area (Å²) < 4.78 is 14.8. The number of carbonyl (C=O) groups excluding carboxylic acids is 1. The number of carbonyl (C=O) groups is 1. The molecule has 1 amide bonds. The molecule has 2 aliphatic rings. The summed E-state index contributed by atoms with van der Waals surface area (Å²) in [6.45, 7) is 6.40. The number of anilines is 1. The lowest BCUT2D eigenvalue weighted by Crippen LogP contribution is -2.47. The minimum atomic E-state index is -0.350. The molecule has 3 aromatic heterocycles. The Labute approximate surface area is 192 Å². The highest BCUT2D eigenvalue weighted by Crippen LogP contribution is 2.29. The summed E-state index contributed by atoms with van der Waals surface area (Å²) in [6, 6.07) is 3.91. The summed E-state index contributed by atoms with van der Waals surface area (Å²) in [5.41, 5.74) is 3.79. The van der Waals surface area contributed by atoms with Gasteiger partial charge in [0.25, 0.3) is 0 Å². The van der Waals surface area contributed by atoms with Crippen LogP contribution >= 0.6 is 0 Å². The maximum absolute atomic E-state index is 12.8. The zero-order valence-corrected chi connectivity index (χ0v) is 18.9. The number of likely N-dealkylation sites (N-methyl/N-ethyl adjacent to an activating group) is 1. The Balaban J connectivity index is 1.33. The second kappa shape index (κ2) is 9.50. The lowest BCUT2D eigenvalue weighted by molar-refractivity contribution is -0.117. The van der Waals surface area contributed by atoms with Crippen molar-refractivity contribution in [3.05, 3.63) is 36.4 Å². The molecule has 33 heavy (non-hydrogen) atoms. The van der Waals surface area contributed by atoms with Gasteiger partial charge < -0.3 is 10.2 Å². The Morgan fingerprint density at radius 1 is 1.03 bits per heavy atom. The SMILES string of the molecule is CN1CCN(CC(=O)Nc2cc3cc(-c4cnn5c4CN(CCF)CC5)cnc3cn2)CC1. The summed E-state index contributed by atoms with van der Waals surface area (Å²) in [6.07, 6.45) is 5.36. The molecule has 5 rings (SSSR count). The normalized spacial score (nSPS) is 17.9. The predicted molar refractivity (Wildman–Crippen MR) is 125 cm³/mol. The zero-order valence-electron chi connectivity index (χ0n) is 18.9. The Bertz CT molecular complexity index is 1140. The van der Waals surface area contributed by atoms with Crippen LogP contribution in [0, 0.1) is 0 Å². The van der Waals surface area contributed by atoms with E-state index in [2.05, 4.69) is 42.1 Å². The molecule has 0 aliphatic carbocycles. The van der Waals surface area contributed by atoms with Crippen LogP contribution in [0.2, 0.25) is 0 Å². The average molecular weight is 453 g/mol. The average Bonchev–Trinajstić information content (AvgIpc) is 3.23. The second-order valence-corrected chi connectivity index (χ2v) is 8.81. The predicted octanol–water partition coefficient (Wildman–Crippen LogP) is 1.46. The fourth-order valence-electron chi connectivity index (χ4n) is 4.49. The molecule has 1 N–H and O–H groups in total. The number of nitrogens with one attached hydrogen (secondary N) is 1. The summed E-state index contributed by atoms with van der Waals surface area (Å²) >= 11 is 0. The summed E-state index contributed by atoms with van der Waals surface area (Å²) in [7, 11) is 2.10. The van der Waals surface area contributed by atoms with Gasteiger partial charge in [-0.2, -0.15) is 5.10 Å². The molecule has 1 saturated heterocycles. The molecule has 0 aromatic carbocycles. The number of halogens is 1. The van der Waals surface area contributed by atoms with Gasteiger partial charge in [-0.3, -0.25) is 24.3 Å². The van der Waals surface area contributed by atoms with Crippen LogP contribution in [-0.4, -0.2) is 99.9 Å². The number of rotatable bonds is 6. The molecule has 0 spiro atoms. The second-order valence-electron chi connectivity index (χ2n) is 8.81. The molecule has 0 atom stereocenters. The van der Waals surface area contributed by atoms with Gasteiger partial charge in [-0.05, 0) is 19.2 Å². The van der Waals surface area contributed by atoms with Crippen LogP contribution in [0.3, 0.4) is 0 Å². The topological polar surface area (TPSA) is 82.4 Å². The van der Waals surface area contributed by atoms with Crippen molar-refractivity contribution >= 4 is 22.6 Å². The highest BCUT2D eigenvalue weighted by Gasteiger charge is 2.21. The molecular formula is C23H29FN8O. The van der Waals surface area contributed by atoms with Crippen LogP contribution in [0.25, 0.3) is 22.0 Å². The molecule has 174 valence electrons. The molecule has 0 unspecified atom stereocenters. The smallest absolute Gasteiger partial charge is 0.239 e. The molecular weight excluding hydrogens is 423 g/mol. The van der Waals surface area contributed by atoms with Crippen LogP contribution in [0.5, 0.6) is 0 Å². The molecule has 5 heterocycles. The van der Waals surface area contributed by atoms with Gasteiger partial charge in [0.2, 0.25) is 5.91 Å². The van der Waals surface area contributed by atoms with Gasteiger partial charge in [0.1, 0.15) is 12.5 Å². The quantitative estimate of drug-likeness (QED) is 0.606. The molecule has 10 heteroatoms. The number of nitrogens with zero attached hydrogens (tertiary/aromatic N) is 7. The first-order valence-electron chi connectivity index (χ1n) is 11.4. The third-order valence-corrected chi connectivity index (χ3v) is 6.46. The number of aromatic nitrogens is 4. The third kappa shape index (κ3) is 4.87. The lowest BCUT2D eigenvalue weighted by Gasteiger charge is -2.31. The Hall–Kier alpha value is -2.95. The van der Waals surface area contributed by atoms with Crippen molar-refractivity contribution in [1.29, 1.82) is 0 Å². The van der Waals surface area contributed by atoms with Crippen LogP contribution in [0.4, 0.5) is 10.2 Å². The number of alkyl halides is 1. The van der Waals surface area contributed by atoms with Gasteiger partial charge in [0.05, 0.1) is 36.7 Å². The molecule has 0 saturated carbocycles. The Kier molecular flexibility index (Phi) is 6.30. The van der Waals surface area contributed by atoms with Gasteiger partial charge in [-0.25, -0.2) is 9.37 Å². The van der Waals surface area contributed by atoms with E-state index < -0.39 is 0 Å². The van der Waals surface area contributed by atoms with Crippen molar-refractivity contribution in [3.63, 3.8) is 0 Å². The molecule has 3 aromatic rings. The molecule has 2 aliphatic heterocycles. The van der Waals surface area contributed by atoms with Crippen LogP contribution in [0.1, 0.15) is 5.69 Å². The van der Waals surface area contributed by atoms with Crippen LogP contribution in [-0.2, 0) is 17.9 Å². The number of amides is 1. The van der Waals surface area contributed by atoms with Crippen LogP contribution < -0.4 is 5.32 Å². The summed E-state index contributed by atoms with van der Waals surface area (Å²) in [5.74, 6) is 0.459. The van der Waals surface area contributed by atoms with Crippen molar-refractivity contribution in [2.24, 2.45) is 0 Å². The third-order valence-electron chi connectivity index (χ3n) is 6.46. The molecule has 9 nitrogen and oxygen atoms in total. The number of pyridine rings is 2. The van der Waals surface area contributed by atoms with E-state index >= 15 is 0 Å². The molecule has 0 radical (unpaired) electrons. The standard InChI is InChI=1S/C23H29FN8O/c1-29-4-6-31(7-5-29)16-23(33)28-22-11-17-10-18(12-25-20(17)14-26-22)19-13-27-32-9-8-30(3-2-24)15-21(19)32/h10-14H,2-9,15-16H2,1H3,(H,26,28,33). The van der Waals surface area contributed by atoms with Gasteiger partial charge in [0.15, 0.2) is 0 Å². The van der Waals surface area contributed by atoms with Gasteiger partial charge >= 0.3 is 0 Å². The summed E-state index contributed by atoms with van der Waals surface area (Å²) in [5, 5.41) is 8.34. The number of fused-ring (bicyclic) bond motifs is 2. The molecule has 1 fully saturated rings. The van der Waals surface area contributed by atoms with E-state index in [0.29, 0.717) is 25.5 Å². The fraction of sp³-hybridized carbons (Fsp3) is 0.478. The minimum absolute atomic E-state index is 0.0609. The van der Waals surface area contributed by atoms with Gasteiger partial charge in [-0.15, -0.1) is 0 Å². The van der Waals surface area contributed by atoms with E-state index in [1.165, 1.54) is 0 Å². The summed E-state index contributed by atoms with van der Waals surface area (Å²) in [4.78, 5) is 28.0. The number of hydrogen-bond donors (Lipinski definition) is 1. The van der Waals surface area contributed by atoms with Crippen LogP contribution in [0.15, 0.2) is 30.7 Å². The van der Waals surface area contributed by atoms with Crippen molar-refractivity contribution < 1.29 is 9.18 Å². The van der Waals surface area contributed by atoms with E-state index in [-0.39, 0.29) is 12.6 Å². The number of piperazine rings is 1. The van der Waals surface area contributed by atoms with Crippen molar-refractivity contribution in [1.82, 2.24) is 34.4 Å². The van der Waals surface area contributed by atoms with Crippen molar-refractivity contribution in [2.75, 3.05) is 64.9 Å². The lowest BCUT2D eigenvalue weighted by atomic mass is 10.1. The van der Waals surface area contributed by atoms with E-state index in [1.807, 2.05) is 29.2 Å². The fourth-order valence-corrected chi connectivity index (χ4v) is 4.49. The van der Waals surface area contributed by atoms with E-state index in [1.54, 1.807) is 6.20 Å². The van der Waals surface area contributed by atoms with Crippen molar-refractivity contribution in [3.8, 4) is 11.1 Å². The highest BCUT2D eigenvalue weighted by molar-refractivity contribution is 5.94. The Morgan fingerprint density at radius 2 is 1.85 bits per heavy atom. The van der Waals surface area contributed by atoms with E-state index in [0.717, 1.165) is 67.0 Å². The first kappa shape index (κ1) is 21.9. The highest BCUT2D eigenvalue weighted by atomic mass is 19.1. The monoisotopic (exact) mass is 452 g/mol. The number of hydrogen-bond acceptors (Lipinski definition) is 7. The van der Waals surface area contributed by atoms with E-state index in [4.69, 9.17) is 0 Å². The van der Waals surface area contributed by atoms with Gasteiger partial charge in [-0.1, -0.05) is 0 Å². The van der Waals surface area contributed by atoms with E-state index in [9.17, 15) is 9.18 Å². The van der Waals surface area contributed by atoms with Crippen molar-refractivity contribution in [2.45, 2.75) is 13.1 Å². The first-order chi connectivity index (χ1) is 16.1. The largest absolute Gasteiger partial charge is 0.310 e. The first-order valence-corrected chi connectivity index (χ1v) is 11.4. The van der Waals surface area contributed by atoms with Gasteiger partial charge in [0, 0.05) is 68.5 Å².